The van der Waals surface area contributed by atoms with Gasteiger partial charge in [0.1, 0.15) is 0 Å². The van der Waals surface area contributed by atoms with Crippen LogP contribution < -0.4 is 0 Å². The van der Waals surface area contributed by atoms with Crippen LogP contribution in [0.25, 0.3) is 0 Å². The zero-order valence-electron chi connectivity index (χ0n) is 12.7. The van der Waals surface area contributed by atoms with Gasteiger partial charge < -0.3 is 14.9 Å². The minimum atomic E-state index is -0.790. The van der Waals surface area contributed by atoms with Gasteiger partial charge >= 0.3 is 12.0 Å². The second kappa shape index (κ2) is 6.02. The average molecular weight is 282 g/mol. The third-order valence-electron chi connectivity index (χ3n) is 5.03. The number of hydrogen-bond acceptors (Lipinski definition) is 2. The Hall–Kier alpha value is -1.26. The Kier molecular flexibility index (Phi) is 4.55. The van der Waals surface area contributed by atoms with Gasteiger partial charge in [-0.15, -0.1) is 0 Å². The zero-order valence-corrected chi connectivity index (χ0v) is 12.7. The SMILES string of the molecule is CC1CCC(N(C)C(=O)N2CC(C)C(C(=O)O)C2)CC1. The first-order chi connectivity index (χ1) is 9.40. The summed E-state index contributed by atoms with van der Waals surface area (Å²) in [6.45, 7) is 5.08. The second-order valence-electron chi connectivity index (χ2n) is 6.63. The van der Waals surface area contributed by atoms with Crippen molar-refractivity contribution in [1.82, 2.24) is 9.80 Å². The van der Waals surface area contributed by atoms with E-state index in [2.05, 4.69) is 6.92 Å². The van der Waals surface area contributed by atoms with Crippen LogP contribution in [0.2, 0.25) is 0 Å². The van der Waals surface area contributed by atoms with E-state index in [0.717, 1.165) is 18.8 Å². The highest BCUT2D eigenvalue weighted by Crippen LogP contribution is 2.29. The molecule has 1 aliphatic carbocycles. The molecule has 1 aliphatic heterocycles. The fourth-order valence-corrected chi connectivity index (χ4v) is 3.45. The number of urea groups is 1. The molecule has 2 rings (SSSR count). The second-order valence-corrected chi connectivity index (χ2v) is 6.63. The topological polar surface area (TPSA) is 60.9 Å². The van der Waals surface area contributed by atoms with Crippen LogP contribution >= 0.6 is 0 Å². The van der Waals surface area contributed by atoms with Crippen LogP contribution in [-0.4, -0.2) is 53.1 Å². The highest BCUT2D eigenvalue weighted by Gasteiger charge is 2.39. The Morgan fingerprint density at radius 1 is 1.10 bits per heavy atom. The van der Waals surface area contributed by atoms with Gasteiger partial charge in [-0.05, 0) is 37.5 Å². The van der Waals surface area contributed by atoms with Crippen LogP contribution in [-0.2, 0) is 4.79 Å². The van der Waals surface area contributed by atoms with Crippen LogP contribution in [0.3, 0.4) is 0 Å². The number of hydrogen-bond donors (Lipinski definition) is 1. The third kappa shape index (κ3) is 3.07. The van der Waals surface area contributed by atoms with Crippen LogP contribution in [0.4, 0.5) is 4.79 Å². The summed E-state index contributed by atoms with van der Waals surface area (Å²) in [7, 11) is 1.86. The van der Waals surface area contributed by atoms with Gasteiger partial charge in [0.2, 0.25) is 0 Å². The van der Waals surface area contributed by atoms with Gasteiger partial charge in [0.15, 0.2) is 0 Å². The Balaban J connectivity index is 1.93. The molecular formula is C15H26N2O3. The normalized spacial score (nSPS) is 34.0. The van der Waals surface area contributed by atoms with Crippen molar-refractivity contribution >= 4 is 12.0 Å². The van der Waals surface area contributed by atoms with E-state index in [0.29, 0.717) is 19.1 Å². The molecule has 2 amide bonds. The van der Waals surface area contributed by atoms with E-state index in [1.54, 1.807) is 4.90 Å². The molecule has 2 aliphatic rings. The van der Waals surface area contributed by atoms with Crippen LogP contribution in [0, 0.1) is 17.8 Å². The van der Waals surface area contributed by atoms with E-state index < -0.39 is 11.9 Å². The van der Waals surface area contributed by atoms with Gasteiger partial charge in [-0.25, -0.2) is 4.79 Å². The molecule has 1 heterocycles. The summed E-state index contributed by atoms with van der Waals surface area (Å²) in [5.74, 6) is -0.408. The van der Waals surface area contributed by atoms with E-state index >= 15 is 0 Å². The molecule has 0 bridgehead atoms. The molecule has 5 heteroatoms. The molecule has 2 unspecified atom stereocenters. The van der Waals surface area contributed by atoms with Gasteiger partial charge in [-0.3, -0.25) is 4.79 Å². The quantitative estimate of drug-likeness (QED) is 0.845. The highest BCUT2D eigenvalue weighted by molar-refractivity contribution is 5.77. The van der Waals surface area contributed by atoms with Crippen LogP contribution in [0.15, 0.2) is 0 Å². The van der Waals surface area contributed by atoms with Crippen molar-refractivity contribution in [3.63, 3.8) is 0 Å². The number of likely N-dealkylation sites (tertiary alicyclic amines) is 1. The van der Waals surface area contributed by atoms with Crippen molar-refractivity contribution in [2.24, 2.45) is 17.8 Å². The van der Waals surface area contributed by atoms with Gasteiger partial charge in [0, 0.05) is 26.2 Å². The minimum absolute atomic E-state index is 0.000142. The average Bonchev–Trinajstić information content (AvgIpc) is 2.80. The molecule has 0 aromatic carbocycles. The Labute approximate surface area is 120 Å². The third-order valence-corrected chi connectivity index (χ3v) is 5.03. The molecule has 0 radical (unpaired) electrons. The molecule has 2 atom stereocenters. The number of carboxylic acid groups (broad SMARTS) is 1. The van der Waals surface area contributed by atoms with Crippen molar-refractivity contribution in [2.45, 2.75) is 45.6 Å². The van der Waals surface area contributed by atoms with Crippen molar-refractivity contribution in [1.29, 1.82) is 0 Å². The van der Waals surface area contributed by atoms with Gasteiger partial charge in [0.25, 0.3) is 0 Å². The molecule has 114 valence electrons. The van der Waals surface area contributed by atoms with Crippen molar-refractivity contribution in [2.75, 3.05) is 20.1 Å². The number of carbonyl (C=O) groups excluding carboxylic acids is 1. The molecule has 0 spiro atoms. The van der Waals surface area contributed by atoms with Crippen LogP contribution in [0.1, 0.15) is 39.5 Å². The summed E-state index contributed by atoms with van der Waals surface area (Å²) in [6.07, 6.45) is 4.48. The number of carboxylic acids is 1. The Morgan fingerprint density at radius 3 is 2.20 bits per heavy atom. The maximum absolute atomic E-state index is 12.5. The fourth-order valence-electron chi connectivity index (χ4n) is 3.45. The summed E-state index contributed by atoms with van der Waals surface area (Å²) in [5.41, 5.74) is 0. The first-order valence-corrected chi connectivity index (χ1v) is 7.64. The highest BCUT2D eigenvalue weighted by atomic mass is 16.4. The van der Waals surface area contributed by atoms with E-state index in [1.165, 1.54) is 12.8 Å². The van der Waals surface area contributed by atoms with E-state index in [-0.39, 0.29) is 11.9 Å². The first kappa shape index (κ1) is 15.1. The maximum Gasteiger partial charge on any atom is 0.320 e. The molecule has 1 N–H and O–H groups in total. The van der Waals surface area contributed by atoms with Crippen molar-refractivity contribution < 1.29 is 14.7 Å². The Morgan fingerprint density at radius 2 is 1.70 bits per heavy atom. The number of aliphatic carboxylic acids is 1. The summed E-state index contributed by atoms with van der Waals surface area (Å²) < 4.78 is 0. The molecule has 20 heavy (non-hydrogen) atoms. The molecule has 1 saturated carbocycles. The first-order valence-electron chi connectivity index (χ1n) is 7.64. The smallest absolute Gasteiger partial charge is 0.320 e. The predicted octanol–water partition coefficient (Wildman–Crippen LogP) is 2.27. The fraction of sp³-hybridized carbons (Fsp3) is 0.867. The minimum Gasteiger partial charge on any atom is -0.481 e. The van der Waals surface area contributed by atoms with Crippen LogP contribution in [0.5, 0.6) is 0 Å². The lowest BCUT2D eigenvalue weighted by atomic mass is 9.87. The predicted molar refractivity (Wildman–Crippen MR) is 76.4 cm³/mol. The summed E-state index contributed by atoms with van der Waals surface area (Å²) in [5, 5.41) is 9.15. The Bertz CT molecular complexity index is 377. The molecular weight excluding hydrogens is 256 g/mol. The number of carbonyl (C=O) groups is 2. The largest absolute Gasteiger partial charge is 0.481 e. The molecule has 0 aromatic rings. The molecule has 1 saturated heterocycles. The summed E-state index contributed by atoms with van der Waals surface area (Å²) in [4.78, 5) is 27.2. The lowest BCUT2D eigenvalue weighted by Crippen LogP contribution is -2.46. The van der Waals surface area contributed by atoms with E-state index in [1.807, 2.05) is 18.9 Å². The van der Waals surface area contributed by atoms with Gasteiger partial charge in [-0.1, -0.05) is 13.8 Å². The van der Waals surface area contributed by atoms with E-state index in [9.17, 15) is 9.59 Å². The lowest BCUT2D eigenvalue weighted by molar-refractivity contribution is -0.142. The van der Waals surface area contributed by atoms with Gasteiger partial charge in [-0.2, -0.15) is 0 Å². The van der Waals surface area contributed by atoms with Crippen molar-refractivity contribution in [3.05, 3.63) is 0 Å². The van der Waals surface area contributed by atoms with Gasteiger partial charge in [0.05, 0.1) is 5.92 Å². The van der Waals surface area contributed by atoms with Crippen molar-refractivity contribution in [3.8, 4) is 0 Å². The standard InChI is InChI=1S/C15H26N2O3/c1-10-4-6-12(7-5-10)16(3)15(20)17-8-11(2)13(9-17)14(18)19/h10-13H,4-9H2,1-3H3,(H,18,19). The molecule has 5 nitrogen and oxygen atoms in total. The molecule has 0 aromatic heterocycles. The zero-order chi connectivity index (χ0) is 14.9. The summed E-state index contributed by atoms with van der Waals surface area (Å²) in [6, 6.07) is 0.318. The van der Waals surface area contributed by atoms with E-state index in [4.69, 9.17) is 5.11 Å². The number of rotatable bonds is 2. The maximum atomic E-state index is 12.5. The lowest BCUT2D eigenvalue weighted by Gasteiger charge is -2.35. The summed E-state index contributed by atoms with van der Waals surface area (Å²) >= 11 is 0. The monoisotopic (exact) mass is 282 g/mol. The molecule has 2 fully saturated rings. The number of amides is 2. The number of nitrogens with zero attached hydrogens (tertiary/aromatic N) is 2.